The number of benzene rings is 1. The number of carbonyl (C=O) groups excluding carboxylic acids is 1. The summed E-state index contributed by atoms with van der Waals surface area (Å²) in [7, 11) is 1.59. The first-order valence-corrected chi connectivity index (χ1v) is 8.82. The molecule has 4 N–H and O–H groups in total. The molecule has 0 saturated carbocycles. The maximum absolute atomic E-state index is 11.9. The van der Waals surface area contributed by atoms with Crippen molar-refractivity contribution in [3.05, 3.63) is 35.1 Å². The normalized spacial score (nSPS) is 11.6. The number of fused-ring (bicyclic) bond motifs is 2. The molecule has 3 heterocycles. The maximum atomic E-state index is 11.9. The van der Waals surface area contributed by atoms with Crippen LogP contribution in [0.25, 0.3) is 33.3 Å². The van der Waals surface area contributed by atoms with E-state index in [1.165, 1.54) is 6.33 Å². The number of nitrogens with two attached hydrogens (primary N) is 1. The molecular formula is C18H18ClN7O. The summed E-state index contributed by atoms with van der Waals surface area (Å²) in [6, 6.07) is 5.38. The minimum Gasteiger partial charge on any atom is -0.383 e. The predicted octanol–water partition coefficient (Wildman–Crippen LogP) is 3.15. The number of nitrogens with one attached hydrogen (secondary N) is 2. The van der Waals surface area contributed by atoms with Gasteiger partial charge in [0.05, 0.1) is 16.1 Å². The number of hydrogen-bond acceptors (Lipinski definition) is 5. The van der Waals surface area contributed by atoms with Crippen molar-refractivity contribution in [2.75, 3.05) is 12.8 Å². The van der Waals surface area contributed by atoms with Crippen molar-refractivity contribution < 1.29 is 4.79 Å². The second kappa shape index (κ2) is 6.24. The van der Waals surface area contributed by atoms with Gasteiger partial charge in [-0.1, -0.05) is 11.6 Å². The number of nitrogen functional groups attached to an aromatic ring is 1. The molecule has 0 unspecified atom stereocenters. The van der Waals surface area contributed by atoms with Crippen LogP contribution in [0.2, 0.25) is 5.02 Å². The molecule has 4 rings (SSSR count). The summed E-state index contributed by atoms with van der Waals surface area (Å²) in [6.07, 6.45) is 1.42. The molecule has 0 spiro atoms. The number of halogens is 1. The lowest BCUT2D eigenvalue weighted by molar-refractivity contribution is 0.0963. The predicted molar refractivity (Wildman–Crippen MR) is 106 cm³/mol. The summed E-state index contributed by atoms with van der Waals surface area (Å²) >= 11 is 6.66. The Kier molecular flexibility index (Phi) is 4.00. The molecule has 9 heteroatoms. The van der Waals surface area contributed by atoms with Crippen LogP contribution in [0.15, 0.2) is 24.5 Å². The van der Waals surface area contributed by atoms with E-state index in [2.05, 4.69) is 25.4 Å². The monoisotopic (exact) mass is 383 g/mol. The van der Waals surface area contributed by atoms with E-state index in [0.717, 1.165) is 10.9 Å². The van der Waals surface area contributed by atoms with Crippen LogP contribution in [0.5, 0.6) is 0 Å². The van der Waals surface area contributed by atoms with Crippen molar-refractivity contribution in [2.45, 2.75) is 19.9 Å². The first kappa shape index (κ1) is 17.3. The third-order valence-corrected chi connectivity index (χ3v) is 4.86. The summed E-state index contributed by atoms with van der Waals surface area (Å²) in [6.45, 7) is 4.02. The fraction of sp³-hybridized carbons (Fsp3) is 0.222. The van der Waals surface area contributed by atoms with Gasteiger partial charge in [-0.15, -0.1) is 0 Å². The highest BCUT2D eigenvalue weighted by Gasteiger charge is 2.23. The molecule has 1 aromatic carbocycles. The zero-order chi connectivity index (χ0) is 19.3. The average Bonchev–Trinajstić information content (AvgIpc) is 3.20. The van der Waals surface area contributed by atoms with E-state index in [-0.39, 0.29) is 11.9 Å². The van der Waals surface area contributed by atoms with Crippen molar-refractivity contribution in [3.63, 3.8) is 0 Å². The fourth-order valence-electron chi connectivity index (χ4n) is 3.14. The van der Waals surface area contributed by atoms with Crippen LogP contribution in [-0.2, 0) is 0 Å². The lowest BCUT2D eigenvalue weighted by Gasteiger charge is -2.05. The molecule has 0 bridgehead atoms. The molecule has 0 fully saturated rings. The molecule has 138 valence electrons. The summed E-state index contributed by atoms with van der Waals surface area (Å²) in [5.74, 6) is 0.158. The second-order valence-electron chi connectivity index (χ2n) is 6.50. The molecular weight excluding hydrogens is 366 g/mol. The van der Waals surface area contributed by atoms with E-state index in [0.29, 0.717) is 38.8 Å². The van der Waals surface area contributed by atoms with Gasteiger partial charge >= 0.3 is 0 Å². The van der Waals surface area contributed by atoms with Crippen LogP contribution in [-0.4, -0.2) is 37.7 Å². The molecule has 0 aliphatic rings. The third kappa shape index (κ3) is 2.60. The average molecular weight is 384 g/mol. The van der Waals surface area contributed by atoms with Gasteiger partial charge < -0.3 is 16.0 Å². The number of rotatable bonds is 3. The lowest BCUT2D eigenvalue weighted by Crippen LogP contribution is -2.17. The van der Waals surface area contributed by atoms with E-state index in [1.54, 1.807) is 23.9 Å². The summed E-state index contributed by atoms with van der Waals surface area (Å²) < 4.78 is 1.79. The Morgan fingerprint density at radius 2 is 2.11 bits per heavy atom. The Morgan fingerprint density at radius 1 is 1.33 bits per heavy atom. The Bertz CT molecular complexity index is 1190. The van der Waals surface area contributed by atoms with Crippen molar-refractivity contribution >= 4 is 45.3 Å². The van der Waals surface area contributed by atoms with Crippen molar-refractivity contribution in [1.82, 2.24) is 30.0 Å². The van der Waals surface area contributed by atoms with Gasteiger partial charge in [-0.25, -0.2) is 14.6 Å². The highest BCUT2D eigenvalue weighted by Crippen LogP contribution is 2.38. The van der Waals surface area contributed by atoms with Gasteiger partial charge in [-0.05, 0) is 32.0 Å². The van der Waals surface area contributed by atoms with Crippen LogP contribution in [0.4, 0.5) is 5.82 Å². The van der Waals surface area contributed by atoms with Crippen molar-refractivity contribution in [3.8, 4) is 11.4 Å². The molecule has 1 amide bonds. The van der Waals surface area contributed by atoms with Gasteiger partial charge in [0.25, 0.3) is 5.91 Å². The molecule has 0 radical (unpaired) electrons. The lowest BCUT2D eigenvalue weighted by atomic mass is 10.1. The largest absolute Gasteiger partial charge is 0.383 e. The van der Waals surface area contributed by atoms with Gasteiger partial charge in [0.1, 0.15) is 17.8 Å². The Balaban J connectivity index is 2.00. The Morgan fingerprint density at radius 3 is 2.81 bits per heavy atom. The fourth-order valence-corrected chi connectivity index (χ4v) is 3.43. The zero-order valence-corrected chi connectivity index (χ0v) is 15.8. The number of amides is 1. The van der Waals surface area contributed by atoms with Crippen molar-refractivity contribution in [1.29, 1.82) is 0 Å². The van der Waals surface area contributed by atoms with E-state index in [9.17, 15) is 4.79 Å². The summed E-state index contributed by atoms with van der Waals surface area (Å²) in [5, 5.41) is 9.14. The molecule has 0 saturated heterocycles. The smallest absolute Gasteiger partial charge is 0.251 e. The maximum Gasteiger partial charge on any atom is 0.251 e. The first-order chi connectivity index (χ1) is 12.9. The van der Waals surface area contributed by atoms with E-state index >= 15 is 0 Å². The molecule has 3 aromatic heterocycles. The molecule has 4 aromatic rings. The highest BCUT2D eigenvalue weighted by molar-refractivity contribution is 6.38. The molecule has 27 heavy (non-hydrogen) atoms. The minimum atomic E-state index is -0.178. The van der Waals surface area contributed by atoms with E-state index < -0.39 is 0 Å². The zero-order valence-electron chi connectivity index (χ0n) is 15.0. The van der Waals surface area contributed by atoms with E-state index in [1.807, 2.05) is 19.9 Å². The number of aromatic amines is 1. The van der Waals surface area contributed by atoms with Crippen molar-refractivity contribution in [2.24, 2.45) is 0 Å². The number of H-pyrrole nitrogens is 1. The molecule has 0 atom stereocenters. The second-order valence-corrected chi connectivity index (χ2v) is 6.88. The van der Waals surface area contributed by atoms with Gasteiger partial charge in [0, 0.05) is 29.6 Å². The van der Waals surface area contributed by atoms with Crippen LogP contribution in [0.3, 0.4) is 0 Å². The standard InChI is InChI=1S/C18H18ClN7O/c1-8(2)26-17-12(16(20)22-7-23-17)14(25-26)15-13(19)10-6-9(18(27)21-3)4-5-11(10)24-15/h4-8,24H,1-3H3,(H,21,27)(H2,20,22,23). The van der Waals surface area contributed by atoms with Crippen LogP contribution >= 0.6 is 11.6 Å². The number of carbonyl (C=O) groups is 1. The molecule has 8 nitrogen and oxygen atoms in total. The first-order valence-electron chi connectivity index (χ1n) is 8.44. The van der Waals surface area contributed by atoms with Crippen LogP contribution in [0, 0.1) is 0 Å². The summed E-state index contributed by atoms with van der Waals surface area (Å²) in [4.78, 5) is 23.7. The molecule has 0 aliphatic carbocycles. The summed E-state index contributed by atoms with van der Waals surface area (Å²) in [5.41, 5.74) is 9.29. The van der Waals surface area contributed by atoms with Gasteiger partial charge in [0.2, 0.25) is 0 Å². The minimum absolute atomic E-state index is 0.0820. The Hall–Kier alpha value is -3.13. The number of anilines is 1. The van der Waals surface area contributed by atoms with Gasteiger partial charge in [0.15, 0.2) is 5.65 Å². The van der Waals surface area contributed by atoms with Crippen LogP contribution < -0.4 is 11.1 Å². The SMILES string of the molecule is CNC(=O)c1ccc2[nH]c(-c3nn(C(C)C)c4ncnc(N)c34)c(Cl)c2c1. The third-order valence-electron chi connectivity index (χ3n) is 4.47. The van der Waals surface area contributed by atoms with Gasteiger partial charge in [-0.3, -0.25) is 4.79 Å². The van der Waals surface area contributed by atoms with Crippen LogP contribution in [0.1, 0.15) is 30.2 Å². The highest BCUT2D eigenvalue weighted by atomic mass is 35.5. The van der Waals surface area contributed by atoms with E-state index in [4.69, 9.17) is 17.3 Å². The van der Waals surface area contributed by atoms with Gasteiger partial charge in [-0.2, -0.15) is 5.10 Å². The molecule has 0 aliphatic heterocycles. The number of aromatic nitrogens is 5. The Labute approximate surface area is 159 Å². The quantitative estimate of drug-likeness (QED) is 0.502. The topological polar surface area (TPSA) is 115 Å². The number of nitrogens with zero attached hydrogens (tertiary/aromatic N) is 4. The number of hydrogen-bond donors (Lipinski definition) is 3.